The molecule has 3 atom stereocenters. The molecular formula is C64H78F3N9O12Si. The van der Waals surface area contributed by atoms with Crippen LogP contribution in [0.5, 0.6) is 11.5 Å². The summed E-state index contributed by atoms with van der Waals surface area (Å²) in [5.74, 6) is -4.15. The lowest BCUT2D eigenvalue weighted by atomic mass is 9.80. The van der Waals surface area contributed by atoms with E-state index >= 15 is 0 Å². The standard InChI is InChI=1S/C64H78F3N9O12Si/c1-40(2)56(79)73-61-72-55-54(58(81)74-61)70-45(36-69-55)37-76(60(83)64(65,66)67)46-26-20-41(21-27-46)57(80)71-51(59(82)86-8)32-33-52(77)68-34-16-12-15-19-53(78)75-38-50(88-89(9,10)62(3,4)5)35-47(75)39-87-63(42-17-13-11-14-18-42,43-22-28-48(84-6)29-23-43)44-24-30-49(85-7)31-25-44/h11,13-14,17-18,20-31,36,40,47,50-51H,12,15-16,19,32-35,37-39H2,1-10H3,(H,68,77)(H,71,80)(H2,69,72,73,74,79,81)/t47-,50+,51-/m0/s1. The van der Waals surface area contributed by atoms with Crippen LogP contribution in [0.2, 0.25) is 18.1 Å². The second kappa shape index (κ2) is 29.6. The Morgan fingerprint density at radius 2 is 1.42 bits per heavy atom. The molecule has 25 heteroatoms. The van der Waals surface area contributed by atoms with Gasteiger partial charge < -0.3 is 38.9 Å². The maximum absolute atomic E-state index is 14.4. The van der Waals surface area contributed by atoms with Crippen molar-refractivity contribution in [2.45, 2.75) is 134 Å². The van der Waals surface area contributed by atoms with Crippen LogP contribution >= 0.6 is 0 Å². The smallest absolute Gasteiger partial charge is 0.471 e. The number of amides is 5. The average molecular weight is 1250 g/mol. The number of halogens is 3. The molecule has 476 valence electrons. The number of ether oxygens (including phenoxy) is 4. The Hall–Kier alpha value is -8.55. The van der Waals surface area contributed by atoms with E-state index in [-0.39, 0.29) is 89.6 Å². The zero-order valence-electron chi connectivity index (χ0n) is 51.7. The molecule has 1 fully saturated rings. The van der Waals surface area contributed by atoms with Gasteiger partial charge in [-0.3, -0.25) is 44.0 Å². The lowest BCUT2D eigenvalue weighted by Crippen LogP contribution is -2.45. The van der Waals surface area contributed by atoms with Crippen molar-refractivity contribution in [2.75, 3.05) is 51.2 Å². The van der Waals surface area contributed by atoms with Crippen molar-refractivity contribution in [1.29, 1.82) is 0 Å². The van der Waals surface area contributed by atoms with E-state index in [1.807, 2.05) is 83.8 Å². The summed E-state index contributed by atoms with van der Waals surface area (Å²) in [5.41, 5.74) is -0.564. The summed E-state index contributed by atoms with van der Waals surface area (Å²) in [7, 11) is 2.09. The average Bonchev–Trinajstić information content (AvgIpc) is 1.27. The van der Waals surface area contributed by atoms with E-state index in [4.69, 9.17) is 23.4 Å². The molecule has 6 aromatic rings. The molecule has 21 nitrogen and oxygen atoms in total. The van der Waals surface area contributed by atoms with Gasteiger partial charge in [-0.05, 0) is 109 Å². The number of carbonyl (C=O) groups is 6. The third-order valence-corrected chi connectivity index (χ3v) is 20.5. The number of esters is 1. The maximum atomic E-state index is 14.4. The highest BCUT2D eigenvalue weighted by Gasteiger charge is 2.46. The van der Waals surface area contributed by atoms with E-state index in [0.29, 0.717) is 48.6 Å². The number of H-pyrrole nitrogens is 1. The van der Waals surface area contributed by atoms with Crippen LogP contribution in [0.15, 0.2) is 114 Å². The molecule has 1 aliphatic rings. The van der Waals surface area contributed by atoms with Gasteiger partial charge in [-0.25, -0.2) is 14.8 Å². The monoisotopic (exact) mass is 1250 g/mol. The molecule has 0 aliphatic carbocycles. The molecule has 4 N–H and O–H groups in total. The van der Waals surface area contributed by atoms with Crippen molar-refractivity contribution in [1.82, 2.24) is 35.5 Å². The van der Waals surface area contributed by atoms with Gasteiger partial charge >= 0.3 is 18.1 Å². The summed E-state index contributed by atoms with van der Waals surface area (Å²) in [5, 5.41) is 7.70. The van der Waals surface area contributed by atoms with Gasteiger partial charge in [-0.2, -0.15) is 18.2 Å². The number of methoxy groups -OCH3 is 3. The van der Waals surface area contributed by atoms with Gasteiger partial charge in [-0.1, -0.05) is 95.6 Å². The number of aromatic nitrogens is 4. The first-order valence-corrected chi connectivity index (χ1v) is 32.3. The highest BCUT2D eigenvalue weighted by molar-refractivity contribution is 6.74. The Kier molecular flexibility index (Phi) is 22.6. The molecule has 2 aromatic heterocycles. The molecule has 1 aliphatic heterocycles. The number of unbranched alkanes of at least 4 members (excludes halogenated alkanes) is 2. The van der Waals surface area contributed by atoms with E-state index in [9.17, 15) is 46.7 Å². The molecule has 1 saturated heterocycles. The normalized spacial score (nSPS) is 14.9. The summed E-state index contributed by atoms with van der Waals surface area (Å²) in [6.07, 6.45) is -2.40. The fourth-order valence-corrected chi connectivity index (χ4v) is 11.4. The van der Waals surface area contributed by atoms with Gasteiger partial charge in [0.05, 0.1) is 58.5 Å². The van der Waals surface area contributed by atoms with Gasteiger partial charge in [0.2, 0.25) is 23.7 Å². The van der Waals surface area contributed by atoms with E-state index in [1.165, 1.54) is 0 Å². The highest BCUT2D eigenvalue weighted by atomic mass is 28.4. The zero-order chi connectivity index (χ0) is 64.8. The number of benzene rings is 4. The second-order valence-corrected chi connectivity index (χ2v) is 28.3. The third-order valence-electron chi connectivity index (χ3n) is 16.0. The van der Waals surface area contributed by atoms with Crippen molar-refractivity contribution in [3.63, 3.8) is 0 Å². The molecule has 5 amide bonds. The number of nitrogens with zero attached hydrogens (tertiary/aromatic N) is 5. The zero-order valence-corrected chi connectivity index (χ0v) is 52.7. The van der Waals surface area contributed by atoms with Crippen LogP contribution in [0, 0.1) is 5.92 Å². The van der Waals surface area contributed by atoms with Gasteiger partial charge in [0.25, 0.3) is 11.5 Å². The van der Waals surface area contributed by atoms with Gasteiger partial charge in [0.1, 0.15) is 23.1 Å². The van der Waals surface area contributed by atoms with E-state index in [1.54, 1.807) is 28.1 Å². The van der Waals surface area contributed by atoms with E-state index in [2.05, 4.69) is 69.8 Å². The molecule has 0 radical (unpaired) electrons. The Balaban J connectivity index is 0.945. The Morgan fingerprint density at radius 1 is 0.798 bits per heavy atom. The second-order valence-electron chi connectivity index (χ2n) is 23.5. The number of hydrogen-bond donors (Lipinski definition) is 4. The van der Waals surface area contributed by atoms with Crippen molar-refractivity contribution in [2.24, 2.45) is 5.92 Å². The molecule has 0 bridgehead atoms. The van der Waals surface area contributed by atoms with Crippen molar-refractivity contribution in [3.8, 4) is 11.5 Å². The Morgan fingerprint density at radius 3 is 1.99 bits per heavy atom. The summed E-state index contributed by atoms with van der Waals surface area (Å²) in [6, 6.07) is 28.4. The number of alkyl halides is 3. The molecule has 7 rings (SSSR count). The first-order chi connectivity index (χ1) is 42.2. The molecule has 4 aromatic carbocycles. The SMILES string of the molecule is COC(=O)[C@H](CCC(=O)NCCCCCC(=O)N1C[C@H](O[Si](C)(C)C(C)(C)C)C[C@H]1COC(c1ccccc1)(c1ccc(OC)cc1)c1ccc(OC)cc1)NC(=O)c1ccc(N(Cc2cnc3nc(NC(=O)C(C)C)[nH]c(=O)c3n2)C(=O)C(F)(F)F)cc1. The van der Waals surface area contributed by atoms with Crippen LogP contribution < -0.4 is 35.9 Å². The molecule has 3 heterocycles. The van der Waals surface area contributed by atoms with Crippen molar-refractivity contribution >= 4 is 66.6 Å². The van der Waals surface area contributed by atoms with Gasteiger partial charge in [-0.15, -0.1) is 0 Å². The molecular weight excluding hydrogens is 1170 g/mol. The molecule has 0 saturated carbocycles. The number of likely N-dealkylation sites (tertiary alicyclic amines) is 1. The number of rotatable bonds is 27. The lowest BCUT2D eigenvalue weighted by Gasteiger charge is -2.38. The van der Waals surface area contributed by atoms with Crippen LogP contribution in [-0.2, 0) is 50.0 Å². The number of hydrogen-bond acceptors (Lipinski definition) is 15. The van der Waals surface area contributed by atoms with Crippen LogP contribution in [0.1, 0.15) is 112 Å². The minimum atomic E-state index is -5.36. The van der Waals surface area contributed by atoms with Crippen molar-refractivity contribution < 1.29 is 65.3 Å². The predicted molar refractivity (Wildman–Crippen MR) is 330 cm³/mol. The van der Waals surface area contributed by atoms with Gasteiger partial charge in [0.15, 0.2) is 19.5 Å². The largest absolute Gasteiger partial charge is 0.497 e. The van der Waals surface area contributed by atoms with E-state index in [0.717, 1.165) is 54.3 Å². The number of fused-ring (bicyclic) bond motifs is 1. The summed E-state index contributed by atoms with van der Waals surface area (Å²) in [6.45, 7) is 14.3. The minimum absolute atomic E-state index is 0.0368. The van der Waals surface area contributed by atoms with E-state index < -0.39 is 73.8 Å². The van der Waals surface area contributed by atoms with Crippen LogP contribution in [0.3, 0.4) is 0 Å². The number of anilines is 2. The highest BCUT2D eigenvalue weighted by Crippen LogP contribution is 2.44. The third kappa shape index (κ3) is 17.2. The predicted octanol–water partition coefficient (Wildman–Crippen LogP) is 9.15. The summed E-state index contributed by atoms with van der Waals surface area (Å²) in [4.78, 5) is 108. The quantitative estimate of drug-likeness (QED) is 0.0162. The number of carbonyl (C=O) groups excluding carboxylic acids is 6. The molecule has 89 heavy (non-hydrogen) atoms. The van der Waals surface area contributed by atoms with Crippen LogP contribution in [0.4, 0.5) is 24.8 Å². The minimum Gasteiger partial charge on any atom is -0.497 e. The van der Waals surface area contributed by atoms with Gasteiger partial charge in [0, 0.05) is 43.1 Å². The Labute approximate surface area is 515 Å². The maximum Gasteiger partial charge on any atom is 0.471 e. The Bertz CT molecular complexity index is 3450. The lowest BCUT2D eigenvalue weighted by molar-refractivity contribution is -0.170. The van der Waals surface area contributed by atoms with Crippen molar-refractivity contribution in [3.05, 3.63) is 148 Å². The number of aromatic amines is 1. The number of nitrogens with one attached hydrogen (secondary N) is 4. The fraction of sp³-hybridized carbons (Fsp3) is 0.438. The molecule has 0 unspecified atom stereocenters. The van der Waals surface area contributed by atoms with Crippen LogP contribution in [0.25, 0.3) is 11.2 Å². The summed E-state index contributed by atoms with van der Waals surface area (Å²) < 4.78 is 72.2. The summed E-state index contributed by atoms with van der Waals surface area (Å²) >= 11 is 0. The topological polar surface area (TPSA) is 263 Å². The first-order valence-electron chi connectivity index (χ1n) is 29.3. The first kappa shape index (κ1) is 67.9. The van der Waals surface area contributed by atoms with Crippen LogP contribution in [-0.4, -0.2) is 134 Å². The molecule has 0 spiro atoms. The fourth-order valence-electron chi connectivity index (χ4n) is 10.00.